The van der Waals surface area contributed by atoms with Crippen molar-refractivity contribution in [1.29, 1.82) is 0 Å². The van der Waals surface area contributed by atoms with Gasteiger partial charge >= 0.3 is 0 Å². The van der Waals surface area contributed by atoms with E-state index in [0.717, 1.165) is 24.4 Å². The number of hydrogen-bond donors (Lipinski definition) is 1. The minimum absolute atomic E-state index is 0.153. The Morgan fingerprint density at radius 1 is 1.50 bits per heavy atom. The van der Waals surface area contributed by atoms with Crippen LogP contribution in [0.2, 0.25) is 0 Å². The zero-order valence-electron chi connectivity index (χ0n) is 7.47. The van der Waals surface area contributed by atoms with E-state index in [4.69, 9.17) is 10.2 Å². The van der Waals surface area contributed by atoms with Crippen molar-refractivity contribution >= 4 is 0 Å². The molecular formula is C10H15NO. The van der Waals surface area contributed by atoms with Gasteiger partial charge in [0, 0.05) is 12.0 Å². The van der Waals surface area contributed by atoms with Crippen LogP contribution in [0.15, 0.2) is 16.5 Å². The van der Waals surface area contributed by atoms with Crippen LogP contribution in [0.4, 0.5) is 0 Å². The van der Waals surface area contributed by atoms with Crippen LogP contribution in [-0.4, -0.2) is 5.54 Å². The lowest BCUT2D eigenvalue weighted by Gasteiger charge is -2.05. The first kappa shape index (κ1) is 7.87. The van der Waals surface area contributed by atoms with Crippen LogP contribution in [0, 0.1) is 6.92 Å². The molecule has 12 heavy (non-hydrogen) atoms. The van der Waals surface area contributed by atoms with E-state index in [1.54, 1.807) is 0 Å². The van der Waals surface area contributed by atoms with Crippen LogP contribution in [-0.2, 0) is 6.42 Å². The van der Waals surface area contributed by atoms with Gasteiger partial charge < -0.3 is 10.2 Å². The molecule has 2 nitrogen and oxygen atoms in total. The van der Waals surface area contributed by atoms with Crippen LogP contribution >= 0.6 is 0 Å². The monoisotopic (exact) mass is 165 g/mol. The summed E-state index contributed by atoms with van der Waals surface area (Å²) in [5, 5.41) is 0. The highest BCUT2D eigenvalue weighted by Gasteiger charge is 2.37. The molecule has 1 saturated carbocycles. The van der Waals surface area contributed by atoms with Gasteiger partial charge in [0.25, 0.3) is 0 Å². The Hall–Kier alpha value is -0.760. The van der Waals surface area contributed by atoms with Crippen LogP contribution in [0.25, 0.3) is 0 Å². The van der Waals surface area contributed by atoms with Crippen molar-refractivity contribution < 1.29 is 4.42 Å². The second kappa shape index (κ2) is 2.63. The summed E-state index contributed by atoms with van der Waals surface area (Å²) in [5.41, 5.74) is 6.11. The molecule has 0 unspecified atom stereocenters. The van der Waals surface area contributed by atoms with Gasteiger partial charge in [0.2, 0.25) is 0 Å². The summed E-state index contributed by atoms with van der Waals surface area (Å²) in [6, 6.07) is 4.05. The van der Waals surface area contributed by atoms with Gasteiger partial charge in [-0.25, -0.2) is 0 Å². The number of aryl methyl sites for hydroxylation is 2. The zero-order chi connectivity index (χ0) is 8.60. The summed E-state index contributed by atoms with van der Waals surface area (Å²) < 4.78 is 5.45. The van der Waals surface area contributed by atoms with Crippen LogP contribution in [0.5, 0.6) is 0 Å². The standard InChI is InChI=1S/C10H15NO/c1-8-2-3-9(12-8)4-5-10(11)6-7-10/h2-3H,4-7,11H2,1H3. The van der Waals surface area contributed by atoms with Gasteiger partial charge in [-0.1, -0.05) is 0 Å². The molecule has 1 aromatic rings. The summed E-state index contributed by atoms with van der Waals surface area (Å²) in [6.07, 6.45) is 4.43. The molecule has 0 amide bonds. The van der Waals surface area contributed by atoms with Crippen molar-refractivity contribution in [2.75, 3.05) is 0 Å². The molecule has 1 aliphatic rings. The molecule has 0 atom stereocenters. The fraction of sp³-hybridized carbons (Fsp3) is 0.600. The third-order valence-electron chi connectivity index (χ3n) is 2.56. The molecule has 0 saturated heterocycles. The van der Waals surface area contributed by atoms with Gasteiger partial charge in [0.15, 0.2) is 0 Å². The molecule has 66 valence electrons. The SMILES string of the molecule is Cc1ccc(CCC2(N)CC2)o1. The Bertz CT molecular complexity index is 273. The summed E-state index contributed by atoms with van der Waals surface area (Å²) in [5.74, 6) is 2.07. The van der Waals surface area contributed by atoms with Crippen LogP contribution in [0.3, 0.4) is 0 Å². The maximum atomic E-state index is 5.96. The van der Waals surface area contributed by atoms with E-state index < -0.39 is 0 Å². The molecule has 2 heteroatoms. The Balaban J connectivity index is 1.87. The summed E-state index contributed by atoms with van der Waals surface area (Å²) in [4.78, 5) is 0. The van der Waals surface area contributed by atoms with E-state index >= 15 is 0 Å². The van der Waals surface area contributed by atoms with Crippen molar-refractivity contribution in [1.82, 2.24) is 0 Å². The average Bonchev–Trinajstić information content (AvgIpc) is 2.60. The fourth-order valence-electron chi connectivity index (χ4n) is 1.40. The minimum atomic E-state index is 0.153. The molecule has 1 fully saturated rings. The number of furan rings is 1. The fourth-order valence-corrected chi connectivity index (χ4v) is 1.40. The second-order valence-electron chi connectivity index (χ2n) is 3.87. The molecule has 1 heterocycles. The van der Waals surface area contributed by atoms with Crippen molar-refractivity contribution in [3.63, 3.8) is 0 Å². The van der Waals surface area contributed by atoms with E-state index in [1.807, 2.05) is 19.1 Å². The predicted molar refractivity (Wildman–Crippen MR) is 47.9 cm³/mol. The van der Waals surface area contributed by atoms with E-state index in [2.05, 4.69) is 0 Å². The smallest absolute Gasteiger partial charge is 0.104 e. The maximum absolute atomic E-state index is 5.96. The van der Waals surface area contributed by atoms with Crippen LogP contribution < -0.4 is 5.73 Å². The number of rotatable bonds is 3. The molecule has 0 aliphatic heterocycles. The van der Waals surface area contributed by atoms with Crippen molar-refractivity contribution in [2.45, 2.75) is 38.1 Å². The van der Waals surface area contributed by atoms with Gasteiger partial charge in [-0.15, -0.1) is 0 Å². The largest absolute Gasteiger partial charge is 0.466 e. The first-order valence-electron chi connectivity index (χ1n) is 4.52. The average molecular weight is 165 g/mol. The topological polar surface area (TPSA) is 39.2 Å². The Morgan fingerprint density at radius 2 is 2.25 bits per heavy atom. The second-order valence-corrected chi connectivity index (χ2v) is 3.87. The Morgan fingerprint density at radius 3 is 2.75 bits per heavy atom. The van der Waals surface area contributed by atoms with Crippen molar-refractivity contribution in [3.8, 4) is 0 Å². The molecule has 0 aromatic carbocycles. The van der Waals surface area contributed by atoms with Crippen molar-refractivity contribution in [3.05, 3.63) is 23.7 Å². The van der Waals surface area contributed by atoms with E-state index in [1.165, 1.54) is 12.8 Å². The summed E-state index contributed by atoms with van der Waals surface area (Å²) in [7, 11) is 0. The normalized spacial score (nSPS) is 19.5. The maximum Gasteiger partial charge on any atom is 0.104 e. The third kappa shape index (κ3) is 1.69. The third-order valence-corrected chi connectivity index (χ3v) is 2.56. The molecule has 0 bridgehead atoms. The molecule has 2 rings (SSSR count). The van der Waals surface area contributed by atoms with Gasteiger partial charge in [0.1, 0.15) is 11.5 Å². The van der Waals surface area contributed by atoms with Gasteiger partial charge in [0.05, 0.1) is 0 Å². The Kier molecular flexibility index (Phi) is 1.72. The van der Waals surface area contributed by atoms with Crippen molar-refractivity contribution in [2.24, 2.45) is 5.73 Å². The van der Waals surface area contributed by atoms with E-state index in [9.17, 15) is 0 Å². The van der Waals surface area contributed by atoms with Gasteiger partial charge in [-0.05, 0) is 38.3 Å². The van der Waals surface area contributed by atoms with Crippen LogP contribution in [0.1, 0.15) is 30.8 Å². The van der Waals surface area contributed by atoms with E-state index in [-0.39, 0.29) is 5.54 Å². The van der Waals surface area contributed by atoms with Gasteiger partial charge in [-0.2, -0.15) is 0 Å². The highest BCUT2D eigenvalue weighted by Crippen LogP contribution is 2.36. The van der Waals surface area contributed by atoms with Gasteiger partial charge in [-0.3, -0.25) is 0 Å². The molecule has 0 spiro atoms. The first-order chi connectivity index (χ1) is 5.68. The predicted octanol–water partition coefficient (Wildman–Crippen LogP) is 2.01. The molecule has 1 aliphatic carbocycles. The molecular weight excluding hydrogens is 150 g/mol. The van der Waals surface area contributed by atoms with E-state index in [0.29, 0.717) is 0 Å². The Labute approximate surface area is 72.7 Å². The lowest BCUT2D eigenvalue weighted by atomic mass is 10.1. The zero-order valence-corrected chi connectivity index (χ0v) is 7.47. The highest BCUT2D eigenvalue weighted by molar-refractivity contribution is 5.08. The molecule has 1 aromatic heterocycles. The molecule has 0 radical (unpaired) electrons. The minimum Gasteiger partial charge on any atom is -0.466 e. The lowest BCUT2D eigenvalue weighted by Crippen LogP contribution is -2.21. The summed E-state index contributed by atoms with van der Waals surface area (Å²) in [6.45, 7) is 1.97. The summed E-state index contributed by atoms with van der Waals surface area (Å²) >= 11 is 0. The first-order valence-corrected chi connectivity index (χ1v) is 4.52. The molecule has 2 N–H and O–H groups in total. The highest BCUT2D eigenvalue weighted by atomic mass is 16.3. The number of nitrogens with two attached hydrogens (primary N) is 1. The lowest BCUT2D eigenvalue weighted by molar-refractivity contribution is 0.461. The number of hydrogen-bond acceptors (Lipinski definition) is 2. The quantitative estimate of drug-likeness (QED) is 0.744.